The molecule has 2 aromatic rings. The Morgan fingerprint density at radius 1 is 1.29 bits per heavy atom. The minimum atomic E-state index is -0.448. The van der Waals surface area contributed by atoms with Crippen molar-refractivity contribution in [2.75, 3.05) is 0 Å². The molecule has 0 amide bonds. The molecule has 0 aliphatic carbocycles. The van der Waals surface area contributed by atoms with Gasteiger partial charge in [-0.15, -0.1) is 0 Å². The van der Waals surface area contributed by atoms with Crippen LogP contribution in [-0.2, 0) is 6.54 Å². The quantitative estimate of drug-likeness (QED) is 0.626. The highest BCUT2D eigenvalue weighted by Crippen LogP contribution is 2.27. The molecule has 1 atom stereocenters. The summed E-state index contributed by atoms with van der Waals surface area (Å²) >= 11 is 0. The highest BCUT2D eigenvalue weighted by atomic mass is 16.3. The molecule has 0 saturated carbocycles. The number of aliphatic hydroxyl groups is 1. The van der Waals surface area contributed by atoms with Crippen LogP contribution < -0.4 is 0 Å². The summed E-state index contributed by atoms with van der Waals surface area (Å²) in [4.78, 5) is 0. The molecule has 2 heteroatoms. The van der Waals surface area contributed by atoms with Crippen LogP contribution in [0.2, 0.25) is 0 Å². The van der Waals surface area contributed by atoms with Crippen LogP contribution in [0.4, 0.5) is 0 Å². The Labute approximate surface area is 82.1 Å². The molecule has 1 unspecified atom stereocenters. The summed E-state index contributed by atoms with van der Waals surface area (Å²) in [6, 6.07) is 10.3. The predicted molar refractivity (Wildman–Crippen MR) is 56.0 cm³/mol. The zero-order valence-electron chi connectivity index (χ0n) is 7.72. The largest absolute Gasteiger partial charge is 0.383 e. The second-order valence-corrected chi connectivity index (χ2v) is 3.61. The van der Waals surface area contributed by atoms with Crippen LogP contribution >= 0.6 is 0 Å². The molecule has 1 aromatic heterocycles. The van der Waals surface area contributed by atoms with Gasteiger partial charge in [0.05, 0.1) is 5.69 Å². The molecule has 1 aliphatic heterocycles. The van der Waals surface area contributed by atoms with Crippen molar-refractivity contribution in [2.24, 2.45) is 0 Å². The highest BCUT2D eigenvalue weighted by Gasteiger charge is 2.15. The van der Waals surface area contributed by atoms with Crippen LogP contribution in [0.15, 0.2) is 42.5 Å². The lowest BCUT2D eigenvalue weighted by molar-refractivity contribution is 0.215. The average Bonchev–Trinajstić information content (AvgIpc) is 2.59. The van der Waals surface area contributed by atoms with Crippen molar-refractivity contribution >= 4 is 10.9 Å². The third kappa shape index (κ3) is 0.946. The predicted octanol–water partition coefficient (Wildman–Crippen LogP) is 2.24. The average molecular weight is 185 g/mol. The van der Waals surface area contributed by atoms with Gasteiger partial charge >= 0.3 is 0 Å². The van der Waals surface area contributed by atoms with Crippen LogP contribution in [-0.4, -0.2) is 9.67 Å². The number of nitrogens with zero attached hydrogens (tertiary/aromatic N) is 1. The second-order valence-electron chi connectivity index (χ2n) is 3.61. The molecule has 0 saturated heterocycles. The molecule has 2 nitrogen and oxygen atoms in total. The lowest BCUT2D eigenvalue weighted by atomic mass is 10.2. The summed E-state index contributed by atoms with van der Waals surface area (Å²) < 4.78 is 2.15. The Kier molecular flexibility index (Phi) is 1.52. The SMILES string of the molecule is OC1C=CCn2c1cc1ccccc12. The summed E-state index contributed by atoms with van der Waals surface area (Å²) in [6.45, 7) is 0.861. The molecule has 14 heavy (non-hydrogen) atoms. The molecular formula is C12H11NO. The number of allylic oxidation sites excluding steroid dienone is 1. The highest BCUT2D eigenvalue weighted by molar-refractivity contribution is 5.81. The van der Waals surface area contributed by atoms with E-state index in [1.54, 1.807) is 0 Å². The van der Waals surface area contributed by atoms with Crippen molar-refractivity contribution in [3.8, 4) is 0 Å². The van der Waals surface area contributed by atoms with E-state index in [0.29, 0.717) is 0 Å². The van der Waals surface area contributed by atoms with E-state index in [2.05, 4.69) is 22.8 Å². The number of rotatable bonds is 0. The first-order chi connectivity index (χ1) is 6.86. The van der Waals surface area contributed by atoms with Crippen molar-refractivity contribution in [3.63, 3.8) is 0 Å². The van der Waals surface area contributed by atoms with E-state index in [-0.39, 0.29) is 0 Å². The van der Waals surface area contributed by atoms with E-state index >= 15 is 0 Å². The normalized spacial score (nSPS) is 19.9. The summed E-state index contributed by atoms with van der Waals surface area (Å²) in [5, 5.41) is 11.0. The van der Waals surface area contributed by atoms with Crippen molar-refractivity contribution in [1.29, 1.82) is 0 Å². The van der Waals surface area contributed by atoms with Gasteiger partial charge in [-0.25, -0.2) is 0 Å². The lowest BCUT2D eigenvalue weighted by Gasteiger charge is -2.15. The first kappa shape index (κ1) is 7.83. The monoisotopic (exact) mass is 185 g/mol. The topological polar surface area (TPSA) is 25.2 Å². The molecule has 1 aliphatic rings. The third-order valence-electron chi connectivity index (χ3n) is 2.75. The van der Waals surface area contributed by atoms with Gasteiger partial charge in [-0.3, -0.25) is 0 Å². The minimum absolute atomic E-state index is 0.448. The standard InChI is InChI=1S/C12H11NO/c14-12-6-3-7-13-10-5-2-1-4-9(10)8-11(12)13/h1-6,8,12,14H,7H2. The van der Waals surface area contributed by atoms with E-state index < -0.39 is 6.10 Å². The van der Waals surface area contributed by atoms with Gasteiger partial charge < -0.3 is 9.67 Å². The maximum Gasteiger partial charge on any atom is 0.112 e. The molecule has 70 valence electrons. The molecule has 0 spiro atoms. The van der Waals surface area contributed by atoms with Gasteiger partial charge in [0.25, 0.3) is 0 Å². The van der Waals surface area contributed by atoms with E-state index in [1.165, 1.54) is 10.9 Å². The fraction of sp³-hybridized carbons (Fsp3) is 0.167. The lowest BCUT2D eigenvalue weighted by Crippen LogP contribution is -2.09. The first-order valence-electron chi connectivity index (χ1n) is 4.79. The van der Waals surface area contributed by atoms with Gasteiger partial charge in [-0.1, -0.05) is 30.4 Å². The fourth-order valence-corrected chi connectivity index (χ4v) is 2.07. The maximum absolute atomic E-state index is 9.75. The number of para-hydroxylation sites is 1. The molecule has 0 bridgehead atoms. The van der Waals surface area contributed by atoms with Gasteiger partial charge in [0.15, 0.2) is 0 Å². The Morgan fingerprint density at radius 3 is 3.07 bits per heavy atom. The summed E-state index contributed by atoms with van der Waals surface area (Å²) in [6.07, 6.45) is 3.40. The van der Waals surface area contributed by atoms with Crippen molar-refractivity contribution < 1.29 is 5.11 Å². The van der Waals surface area contributed by atoms with Gasteiger partial charge in [0, 0.05) is 12.1 Å². The zero-order valence-corrected chi connectivity index (χ0v) is 7.72. The first-order valence-corrected chi connectivity index (χ1v) is 4.79. The Morgan fingerprint density at radius 2 is 2.14 bits per heavy atom. The van der Waals surface area contributed by atoms with Crippen LogP contribution in [0.1, 0.15) is 11.8 Å². The smallest absolute Gasteiger partial charge is 0.112 e. The van der Waals surface area contributed by atoms with Gasteiger partial charge in [0.2, 0.25) is 0 Å². The molecule has 0 radical (unpaired) electrons. The van der Waals surface area contributed by atoms with Crippen LogP contribution in [0.5, 0.6) is 0 Å². The van der Waals surface area contributed by atoms with E-state index in [1.807, 2.05) is 24.3 Å². The summed E-state index contributed by atoms with van der Waals surface area (Å²) in [5.41, 5.74) is 2.19. The van der Waals surface area contributed by atoms with E-state index in [9.17, 15) is 5.11 Å². The minimum Gasteiger partial charge on any atom is -0.383 e. The van der Waals surface area contributed by atoms with Crippen LogP contribution in [0.25, 0.3) is 10.9 Å². The van der Waals surface area contributed by atoms with Crippen molar-refractivity contribution in [1.82, 2.24) is 4.57 Å². The van der Waals surface area contributed by atoms with Gasteiger partial charge in [-0.05, 0) is 17.5 Å². The number of benzene rings is 1. The Hall–Kier alpha value is -1.54. The maximum atomic E-state index is 9.75. The number of fused-ring (bicyclic) bond motifs is 3. The van der Waals surface area contributed by atoms with Gasteiger partial charge in [0.1, 0.15) is 6.10 Å². The fourth-order valence-electron chi connectivity index (χ4n) is 2.07. The summed E-state index contributed by atoms with van der Waals surface area (Å²) in [5.74, 6) is 0. The molecule has 1 N–H and O–H groups in total. The van der Waals surface area contributed by atoms with Crippen LogP contribution in [0, 0.1) is 0 Å². The molecule has 0 fully saturated rings. The molecule has 2 heterocycles. The Balaban J connectivity index is 2.35. The zero-order chi connectivity index (χ0) is 9.54. The van der Waals surface area contributed by atoms with E-state index in [0.717, 1.165) is 12.2 Å². The summed E-state index contributed by atoms with van der Waals surface area (Å²) in [7, 11) is 0. The number of hydrogen-bond donors (Lipinski definition) is 1. The van der Waals surface area contributed by atoms with Crippen molar-refractivity contribution in [3.05, 3.63) is 48.2 Å². The third-order valence-corrected chi connectivity index (χ3v) is 2.75. The van der Waals surface area contributed by atoms with Crippen molar-refractivity contribution in [2.45, 2.75) is 12.6 Å². The van der Waals surface area contributed by atoms with Gasteiger partial charge in [-0.2, -0.15) is 0 Å². The van der Waals surface area contributed by atoms with E-state index in [4.69, 9.17) is 0 Å². The Bertz CT molecular complexity index is 510. The number of aromatic nitrogens is 1. The van der Waals surface area contributed by atoms with Crippen LogP contribution in [0.3, 0.4) is 0 Å². The molecule has 1 aromatic carbocycles. The molecule has 3 rings (SSSR count). The number of hydrogen-bond acceptors (Lipinski definition) is 1. The number of aliphatic hydroxyl groups excluding tert-OH is 1. The second kappa shape index (κ2) is 2.72. The molecular weight excluding hydrogens is 174 g/mol.